The number of hydrogen-bond donors (Lipinski definition) is 0. The maximum absolute atomic E-state index is 13.2. The number of ketones is 1. The van der Waals surface area contributed by atoms with Gasteiger partial charge < -0.3 is 4.57 Å². The standard InChI is InChI=1S/C23H20ClF3N4OS/c1-12-5-6-17(7-13(12)2)31-14(3)8-18(15(31)4)20(32)11-33-22-29-28-21-19(24)9-16(10-30(21)22)23(25,26)27/h5-10H,11H2,1-4H3. The van der Waals surface area contributed by atoms with Crippen molar-refractivity contribution in [2.75, 3.05) is 5.75 Å². The van der Waals surface area contributed by atoms with E-state index in [9.17, 15) is 18.0 Å². The second-order valence-electron chi connectivity index (χ2n) is 7.85. The molecule has 0 atom stereocenters. The molecule has 4 rings (SSSR count). The molecule has 4 aromatic rings. The molecule has 0 aliphatic rings. The number of nitrogens with zero attached hydrogens (tertiary/aromatic N) is 4. The minimum atomic E-state index is -4.56. The first-order valence-electron chi connectivity index (χ1n) is 10.0. The van der Waals surface area contributed by atoms with Gasteiger partial charge in [-0.1, -0.05) is 29.4 Å². The topological polar surface area (TPSA) is 52.2 Å². The summed E-state index contributed by atoms with van der Waals surface area (Å²) >= 11 is 6.97. The lowest BCUT2D eigenvalue weighted by Gasteiger charge is -2.12. The van der Waals surface area contributed by atoms with Crippen molar-refractivity contribution in [3.05, 3.63) is 75.2 Å². The predicted molar refractivity (Wildman–Crippen MR) is 123 cm³/mol. The molecule has 33 heavy (non-hydrogen) atoms. The summed E-state index contributed by atoms with van der Waals surface area (Å²) in [6.07, 6.45) is -3.68. The highest BCUT2D eigenvalue weighted by atomic mass is 35.5. The number of carbonyl (C=O) groups excluding carboxylic acids is 1. The van der Waals surface area contributed by atoms with Crippen LogP contribution in [0.4, 0.5) is 13.2 Å². The molecule has 0 amide bonds. The lowest BCUT2D eigenvalue weighted by atomic mass is 10.1. The molecule has 0 fully saturated rings. The SMILES string of the molecule is Cc1ccc(-n2c(C)cc(C(=O)CSc3nnc4c(Cl)cc(C(F)(F)F)cn34)c2C)cc1C. The highest BCUT2D eigenvalue weighted by Crippen LogP contribution is 2.33. The van der Waals surface area contributed by atoms with E-state index >= 15 is 0 Å². The number of thioether (sulfide) groups is 1. The van der Waals surface area contributed by atoms with Crippen molar-refractivity contribution in [3.63, 3.8) is 0 Å². The van der Waals surface area contributed by atoms with Crippen molar-refractivity contribution < 1.29 is 18.0 Å². The van der Waals surface area contributed by atoms with Crippen molar-refractivity contribution in [2.45, 2.75) is 39.0 Å². The molecule has 1 aromatic carbocycles. The fourth-order valence-corrected chi connectivity index (χ4v) is 4.74. The Morgan fingerprint density at radius 3 is 2.45 bits per heavy atom. The summed E-state index contributed by atoms with van der Waals surface area (Å²) in [5.74, 6) is -0.163. The van der Waals surface area contributed by atoms with Gasteiger partial charge >= 0.3 is 6.18 Å². The third-order valence-electron chi connectivity index (χ3n) is 5.57. The van der Waals surface area contributed by atoms with Crippen LogP contribution in [0.2, 0.25) is 5.02 Å². The second-order valence-corrected chi connectivity index (χ2v) is 9.20. The number of fused-ring (bicyclic) bond motifs is 1. The van der Waals surface area contributed by atoms with Gasteiger partial charge in [-0.25, -0.2) is 0 Å². The van der Waals surface area contributed by atoms with Crippen molar-refractivity contribution >= 4 is 34.8 Å². The molecule has 0 aliphatic heterocycles. The van der Waals surface area contributed by atoms with Crippen LogP contribution in [0.25, 0.3) is 11.3 Å². The molecule has 3 aromatic heterocycles. The van der Waals surface area contributed by atoms with E-state index in [2.05, 4.69) is 16.3 Å². The molecule has 0 bridgehead atoms. The quantitative estimate of drug-likeness (QED) is 0.239. The maximum Gasteiger partial charge on any atom is 0.417 e. The summed E-state index contributed by atoms with van der Waals surface area (Å²) in [7, 11) is 0. The van der Waals surface area contributed by atoms with Gasteiger partial charge in [0, 0.05) is 28.8 Å². The fourth-order valence-electron chi connectivity index (χ4n) is 3.70. The highest BCUT2D eigenvalue weighted by molar-refractivity contribution is 7.99. The zero-order chi connectivity index (χ0) is 24.1. The molecule has 0 saturated carbocycles. The van der Waals surface area contributed by atoms with Crippen LogP contribution in [0.3, 0.4) is 0 Å². The lowest BCUT2D eigenvalue weighted by molar-refractivity contribution is -0.137. The molecule has 172 valence electrons. The maximum atomic E-state index is 13.2. The molecular weight excluding hydrogens is 473 g/mol. The molecule has 0 radical (unpaired) electrons. The Labute approximate surface area is 197 Å². The van der Waals surface area contributed by atoms with Crippen molar-refractivity contribution in [2.24, 2.45) is 0 Å². The van der Waals surface area contributed by atoms with Crippen molar-refractivity contribution in [3.8, 4) is 5.69 Å². The first-order chi connectivity index (χ1) is 15.5. The van der Waals surface area contributed by atoms with Gasteiger partial charge in [-0.3, -0.25) is 9.20 Å². The summed E-state index contributed by atoms with van der Waals surface area (Å²) in [6.45, 7) is 7.88. The van der Waals surface area contributed by atoms with Gasteiger partial charge in [0.1, 0.15) is 0 Å². The average Bonchev–Trinajstić information content (AvgIpc) is 3.28. The van der Waals surface area contributed by atoms with Crippen LogP contribution in [-0.2, 0) is 6.18 Å². The van der Waals surface area contributed by atoms with Gasteiger partial charge in [0.25, 0.3) is 0 Å². The van der Waals surface area contributed by atoms with Crippen LogP contribution in [0.1, 0.15) is 38.4 Å². The monoisotopic (exact) mass is 492 g/mol. The minimum Gasteiger partial charge on any atom is -0.318 e. The lowest BCUT2D eigenvalue weighted by Crippen LogP contribution is -2.08. The first kappa shape index (κ1) is 23.4. The number of aryl methyl sites for hydroxylation is 3. The van der Waals surface area contributed by atoms with Gasteiger partial charge in [0.05, 0.1) is 16.3 Å². The Bertz CT molecular complexity index is 1390. The van der Waals surface area contributed by atoms with Gasteiger partial charge in [0.2, 0.25) is 0 Å². The molecule has 0 unspecified atom stereocenters. The van der Waals surface area contributed by atoms with E-state index in [-0.39, 0.29) is 27.4 Å². The van der Waals surface area contributed by atoms with E-state index in [0.29, 0.717) is 5.56 Å². The van der Waals surface area contributed by atoms with Crippen LogP contribution in [0, 0.1) is 27.7 Å². The number of aromatic nitrogens is 4. The Morgan fingerprint density at radius 1 is 1.06 bits per heavy atom. The van der Waals surface area contributed by atoms with Crippen molar-refractivity contribution in [1.82, 2.24) is 19.2 Å². The smallest absolute Gasteiger partial charge is 0.318 e. The number of benzene rings is 1. The van der Waals surface area contributed by atoms with Gasteiger partial charge in [-0.2, -0.15) is 13.2 Å². The molecule has 0 spiro atoms. The Balaban J connectivity index is 1.61. The number of pyridine rings is 1. The summed E-state index contributed by atoms with van der Waals surface area (Å²) in [5.41, 5.74) is 4.77. The van der Waals surface area contributed by atoms with E-state index in [4.69, 9.17) is 11.6 Å². The van der Waals surface area contributed by atoms with Crippen LogP contribution in [0.15, 0.2) is 41.7 Å². The number of carbonyl (C=O) groups is 1. The molecule has 10 heteroatoms. The summed E-state index contributed by atoms with van der Waals surface area (Å²) < 4.78 is 42.7. The Morgan fingerprint density at radius 2 is 1.79 bits per heavy atom. The van der Waals surface area contributed by atoms with Gasteiger partial charge in [-0.05, 0) is 63.1 Å². The van der Waals surface area contributed by atoms with Gasteiger partial charge in [0.15, 0.2) is 16.6 Å². The number of rotatable bonds is 5. The number of Topliss-reactive ketones (excluding diaryl/α,β-unsaturated/α-hetero) is 1. The van der Waals surface area contributed by atoms with E-state index in [1.54, 1.807) is 0 Å². The largest absolute Gasteiger partial charge is 0.417 e. The second kappa shape index (κ2) is 8.53. The van der Waals surface area contributed by atoms with Crippen molar-refractivity contribution in [1.29, 1.82) is 0 Å². The van der Waals surface area contributed by atoms with Crippen LogP contribution >= 0.6 is 23.4 Å². The zero-order valence-corrected chi connectivity index (χ0v) is 19.9. The normalized spacial score (nSPS) is 12.0. The number of halogens is 4. The molecule has 0 N–H and O–H groups in total. The Hall–Kier alpha value is -2.78. The van der Waals surface area contributed by atoms with E-state index in [0.717, 1.165) is 46.7 Å². The molecule has 3 heterocycles. The third kappa shape index (κ3) is 4.39. The minimum absolute atomic E-state index is 0.00806. The Kier molecular flexibility index (Phi) is 6.05. The molecule has 5 nitrogen and oxygen atoms in total. The number of hydrogen-bond acceptors (Lipinski definition) is 4. The van der Waals surface area contributed by atoms with Crippen LogP contribution in [-0.4, -0.2) is 30.7 Å². The van der Waals surface area contributed by atoms with E-state index < -0.39 is 11.7 Å². The summed E-state index contributed by atoms with van der Waals surface area (Å²) in [6, 6.07) is 8.76. The summed E-state index contributed by atoms with van der Waals surface area (Å²) in [5, 5.41) is 7.78. The van der Waals surface area contributed by atoms with Gasteiger partial charge in [-0.15, -0.1) is 10.2 Å². The predicted octanol–water partition coefficient (Wildman–Crippen LogP) is 6.40. The molecule has 0 saturated heterocycles. The van der Waals surface area contributed by atoms with Crippen LogP contribution < -0.4 is 0 Å². The zero-order valence-electron chi connectivity index (χ0n) is 18.3. The average molecular weight is 493 g/mol. The fraction of sp³-hybridized carbons (Fsp3) is 0.261. The third-order valence-corrected chi connectivity index (χ3v) is 6.79. The summed E-state index contributed by atoms with van der Waals surface area (Å²) in [4.78, 5) is 13.0. The van der Waals surface area contributed by atoms with E-state index in [1.807, 2.05) is 50.5 Å². The number of alkyl halides is 3. The highest BCUT2D eigenvalue weighted by Gasteiger charge is 2.32. The van der Waals surface area contributed by atoms with Crippen LogP contribution in [0.5, 0.6) is 0 Å². The first-order valence-corrected chi connectivity index (χ1v) is 11.4. The van der Waals surface area contributed by atoms with E-state index in [1.165, 1.54) is 9.96 Å². The molecular formula is C23H20ClF3N4OS. The molecule has 0 aliphatic carbocycles.